The van der Waals surface area contributed by atoms with Crippen LogP contribution in [0.15, 0.2) is 0 Å². The van der Waals surface area contributed by atoms with Crippen molar-refractivity contribution in [1.29, 1.82) is 0 Å². The predicted molar refractivity (Wildman–Crippen MR) is 222 cm³/mol. The van der Waals surface area contributed by atoms with E-state index in [1.54, 1.807) is 0 Å². The van der Waals surface area contributed by atoms with E-state index < -0.39 is 12.2 Å². The second-order valence-electron chi connectivity index (χ2n) is 14.7. The fraction of sp³-hybridized carbons (Fsp3) is 0.907. The molecule has 0 bridgehead atoms. The summed E-state index contributed by atoms with van der Waals surface area (Å²) in [5, 5.41) is 5.55. The molecule has 0 aromatic carbocycles. The van der Waals surface area contributed by atoms with Crippen LogP contribution in [-0.2, 0) is 28.5 Å². The van der Waals surface area contributed by atoms with Crippen LogP contribution in [0.4, 0.5) is 9.59 Å². The molecule has 2 amide bonds. The van der Waals surface area contributed by atoms with Gasteiger partial charge in [-0.1, -0.05) is 106 Å². The van der Waals surface area contributed by atoms with E-state index in [4.69, 9.17) is 18.9 Å². The minimum Gasteiger partial charge on any atom is -0.466 e. The number of ether oxygens (including phenoxy) is 4. The van der Waals surface area contributed by atoms with Crippen LogP contribution in [0.1, 0.15) is 176 Å². The van der Waals surface area contributed by atoms with Gasteiger partial charge in [-0.2, -0.15) is 0 Å². The van der Waals surface area contributed by atoms with Crippen LogP contribution in [0.2, 0.25) is 0 Å². The molecule has 0 saturated carbocycles. The summed E-state index contributed by atoms with van der Waals surface area (Å²) < 4.78 is 22.0. The zero-order valence-electron chi connectivity index (χ0n) is 36.2. The highest BCUT2D eigenvalue weighted by molar-refractivity contribution is 5.70. The molecule has 0 aliphatic rings. The summed E-state index contributed by atoms with van der Waals surface area (Å²) in [6, 6.07) is 0. The maximum atomic E-state index is 12.5. The standard InChI is InChI=1S/C43H84N4O8/c1-7-13-15-17-19-21-26-38(9-3)54-42(50)44-30-23-36-52-40(48)28-34-47(33-25-32-46(11-5)12-6)35-29-41(49)53-37-24-31-45-43(51)55-39(10-4)27-22-20-18-16-14-8-2/h38-39H,7-37H2,1-6H3,(H,44,50)(H,45,51). The molecule has 0 aromatic heterocycles. The lowest BCUT2D eigenvalue weighted by molar-refractivity contribution is -0.144. The Morgan fingerprint density at radius 1 is 0.473 bits per heavy atom. The lowest BCUT2D eigenvalue weighted by atomic mass is 10.1. The summed E-state index contributed by atoms with van der Waals surface area (Å²) in [5.41, 5.74) is 0. The van der Waals surface area contributed by atoms with Gasteiger partial charge < -0.3 is 39.4 Å². The van der Waals surface area contributed by atoms with Gasteiger partial charge in [-0.3, -0.25) is 9.59 Å². The second kappa shape index (κ2) is 38.3. The Kier molecular flexibility index (Phi) is 36.5. The monoisotopic (exact) mass is 785 g/mol. The van der Waals surface area contributed by atoms with Crippen molar-refractivity contribution in [3.05, 3.63) is 0 Å². The number of hydrogen-bond donors (Lipinski definition) is 2. The first-order chi connectivity index (χ1) is 26.7. The summed E-state index contributed by atoms with van der Waals surface area (Å²) in [6.45, 7) is 18.6. The highest BCUT2D eigenvalue weighted by atomic mass is 16.6. The van der Waals surface area contributed by atoms with Crippen LogP contribution < -0.4 is 10.6 Å². The Morgan fingerprint density at radius 3 is 1.27 bits per heavy atom. The molecule has 0 aromatic rings. The largest absolute Gasteiger partial charge is 0.466 e. The van der Waals surface area contributed by atoms with E-state index in [1.165, 1.54) is 64.2 Å². The van der Waals surface area contributed by atoms with E-state index in [0.717, 1.165) is 71.1 Å². The van der Waals surface area contributed by atoms with E-state index in [9.17, 15) is 19.2 Å². The lowest BCUT2D eigenvalue weighted by Gasteiger charge is -2.24. The maximum absolute atomic E-state index is 12.5. The third kappa shape index (κ3) is 33.3. The third-order valence-corrected chi connectivity index (χ3v) is 10.0. The Hall–Kier alpha value is -2.60. The van der Waals surface area contributed by atoms with Crippen LogP contribution in [0.3, 0.4) is 0 Å². The van der Waals surface area contributed by atoms with Gasteiger partial charge >= 0.3 is 24.1 Å². The smallest absolute Gasteiger partial charge is 0.407 e. The molecule has 0 aliphatic heterocycles. The summed E-state index contributed by atoms with van der Waals surface area (Å²) in [5.74, 6) is -0.606. The van der Waals surface area contributed by atoms with Crippen LogP contribution in [0, 0.1) is 0 Å². The Labute approximate surface area is 336 Å². The van der Waals surface area contributed by atoms with Crippen molar-refractivity contribution in [3.63, 3.8) is 0 Å². The number of carbonyl (C=O) groups excluding carboxylic acids is 4. The molecule has 2 atom stereocenters. The van der Waals surface area contributed by atoms with Gasteiger partial charge in [-0.15, -0.1) is 0 Å². The topological polar surface area (TPSA) is 136 Å². The van der Waals surface area contributed by atoms with E-state index in [0.29, 0.717) is 39.0 Å². The highest BCUT2D eigenvalue weighted by Crippen LogP contribution is 2.14. The lowest BCUT2D eigenvalue weighted by Crippen LogP contribution is -2.33. The molecule has 55 heavy (non-hydrogen) atoms. The molecular weight excluding hydrogens is 700 g/mol. The van der Waals surface area contributed by atoms with E-state index in [1.807, 2.05) is 13.8 Å². The first-order valence-electron chi connectivity index (χ1n) is 22.4. The molecular formula is C43H84N4O8. The Bertz CT molecular complexity index is 872. The molecule has 0 fully saturated rings. The summed E-state index contributed by atoms with van der Waals surface area (Å²) in [4.78, 5) is 54.0. The van der Waals surface area contributed by atoms with E-state index >= 15 is 0 Å². The Morgan fingerprint density at radius 2 is 0.873 bits per heavy atom. The number of nitrogens with zero attached hydrogens (tertiary/aromatic N) is 2. The van der Waals surface area contributed by atoms with Gasteiger partial charge in [0.2, 0.25) is 0 Å². The van der Waals surface area contributed by atoms with Gasteiger partial charge in [0.05, 0.1) is 26.1 Å². The number of alkyl carbamates (subject to hydrolysis) is 2. The van der Waals surface area contributed by atoms with Crippen molar-refractivity contribution >= 4 is 24.1 Å². The number of rotatable bonds is 38. The Balaban J connectivity index is 4.40. The van der Waals surface area contributed by atoms with Crippen molar-refractivity contribution in [2.45, 2.75) is 189 Å². The minimum atomic E-state index is -0.418. The molecule has 0 radical (unpaired) electrons. The average Bonchev–Trinajstić information content (AvgIpc) is 3.18. The minimum absolute atomic E-state index is 0.0708. The summed E-state index contributed by atoms with van der Waals surface area (Å²) in [7, 11) is 0. The van der Waals surface area contributed by atoms with Crippen molar-refractivity contribution in [2.75, 3.05) is 65.6 Å². The zero-order chi connectivity index (χ0) is 40.8. The van der Waals surface area contributed by atoms with Gasteiger partial charge in [0, 0.05) is 26.2 Å². The number of unbranched alkanes of at least 4 members (excludes halogenated alkanes) is 10. The molecule has 12 nitrogen and oxygen atoms in total. The number of nitrogens with one attached hydrogen (secondary N) is 2. The number of esters is 2. The highest BCUT2D eigenvalue weighted by Gasteiger charge is 2.15. The molecule has 324 valence electrons. The third-order valence-electron chi connectivity index (χ3n) is 10.0. The molecule has 2 N–H and O–H groups in total. The van der Waals surface area contributed by atoms with Crippen molar-refractivity contribution in [3.8, 4) is 0 Å². The average molecular weight is 785 g/mol. The molecule has 0 rings (SSSR count). The van der Waals surface area contributed by atoms with Crippen molar-refractivity contribution in [1.82, 2.24) is 20.4 Å². The van der Waals surface area contributed by atoms with Gasteiger partial charge in [0.15, 0.2) is 0 Å². The summed E-state index contributed by atoms with van der Waals surface area (Å²) in [6.07, 6.45) is 19.3. The fourth-order valence-corrected chi connectivity index (χ4v) is 6.32. The number of carbonyl (C=O) groups is 4. The summed E-state index contributed by atoms with van der Waals surface area (Å²) >= 11 is 0. The second-order valence-corrected chi connectivity index (χ2v) is 14.7. The molecule has 2 unspecified atom stereocenters. The number of amides is 2. The quantitative estimate of drug-likeness (QED) is 0.0355. The van der Waals surface area contributed by atoms with E-state index in [2.05, 4.69) is 48.1 Å². The van der Waals surface area contributed by atoms with Gasteiger partial charge in [-0.25, -0.2) is 9.59 Å². The van der Waals surface area contributed by atoms with Crippen molar-refractivity contribution in [2.24, 2.45) is 0 Å². The molecule has 0 aliphatic carbocycles. The first kappa shape index (κ1) is 52.4. The molecule has 12 heteroatoms. The first-order valence-corrected chi connectivity index (χ1v) is 22.4. The zero-order valence-corrected chi connectivity index (χ0v) is 36.2. The van der Waals surface area contributed by atoms with Crippen LogP contribution in [0.5, 0.6) is 0 Å². The van der Waals surface area contributed by atoms with Crippen LogP contribution >= 0.6 is 0 Å². The van der Waals surface area contributed by atoms with Gasteiger partial charge in [0.1, 0.15) is 12.2 Å². The van der Waals surface area contributed by atoms with E-state index in [-0.39, 0.29) is 50.2 Å². The fourth-order valence-electron chi connectivity index (χ4n) is 6.32. The molecule has 0 saturated heterocycles. The van der Waals surface area contributed by atoms with Crippen LogP contribution in [0.25, 0.3) is 0 Å². The molecule has 0 spiro atoms. The molecule has 0 heterocycles. The van der Waals surface area contributed by atoms with Crippen molar-refractivity contribution < 1.29 is 38.1 Å². The predicted octanol–water partition coefficient (Wildman–Crippen LogP) is 9.18. The van der Waals surface area contributed by atoms with Gasteiger partial charge in [0.25, 0.3) is 0 Å². The number of hydrogen-bond acceptors (Lipinski definition) is 10. The van der Waals surface area contributed by atoms with Crippen LogP contribution in [-0.4, -0.2) is 112 Å². The maximum Gasteiger partial charge on any atom is 0.407 e. The SMILES string of the molecule is CCCCCCCCC(CC)OC(=O)NCCCOC(=O)CCN(CCCN(CC)CC)CCC(=O)OCCCNC(=O)OC(CC)CCCCCCCC. The normalized spacial score (nSPS) is 12.4. The van der Waals surface area contributed by atoms with Gasteiger partial charge in [-0.05, 0) is 84.0 Å².